The second kappa shape index (κ2) is 7.52. The maximum absolute atomic E-state index is 12.7. The van der Waals surface area contributed by atoms with Gasteiger partial charge in [-0.1, -0.05) is 23.2 Å². The Bertz CT molecular complexity index is 1030. The molecule has 0 spiro atoms. The van der Waals surface area contributed by atoms with Crippen molar-refractivity contribution in [3.63, 3.8) is 0 Å². The Hall–Kier alpha value is -2.94. The first-order chi connectivity index (χ1) is 12.5. The Morgan fingerprint density at radius 2 is 2.00 bits per heavy atom. The van der Waals surface area contributed by atoms with Gasteiger partial charge in [0.05, 0.1) is 0 Å². The molecule has 0 amide bonds. The van der Waals surface area contributed by atoms with Gasteiger partial charge in [-0.05, 0) is 36.4 Å². The highest BCUT2D eigenvalue weighted by atomic mass is 35.5. The molecule has 0 atom stereocenters. The number of carbonyl (C=O) groups excluding carboxylic acids is 1. The van der Waals surface area contributed by atoms with Gasteiger partial charge in [0.1, 0.15) is 17.3 Å². The lowest BCUT2D eigenvalue weighted by molar-refractivity contribution is 0.104. The predicted octanol–water partition coefficient (Wildman–Crippen LogP) is 4.58. The third kappa shape index (κ3) is 3.83. The number of pyridine rings is 1. The van der Waals surface area contributed by atoms with Crippen LogP contribution in [0.5, 0.6) is 0 Å². The lowest BCUT2D eigenvalue weighted by Gasteiger charge is -2.02. The van der Waals surface area contributed by atoms with Crippen LogP contribution in [0.4, 0.5) is 0 Å². The van der Waals surface area contributed by atoms with Gasteiger partial charge in [0.25, 0.3) is 0 Å². The van der Waals surface area contributed by atoms with Crippen molar-refractivity contribution in [2.45, 2.75) is 0 Å². The molecule has 0 fully saturated rings. The van der Waals surface area contributed by atoms with Crippen LogP contribution in [0.15, 0.2) is 54.5 Å². The number of halogens is 2. The molecule has 26 heavy (non-hydrogen) atoms. The molecule has 5 nitrogen and oxygen atoms in total. The number of hydrogen-bond acceptors (Lipinski definition) is 4. The van der Waals surface area contributed by atoms with Crippen molar-refractivity contribution in [2.24, 2.45) is 7.05 Å². The van der Waals surface area contributed by atoms with E-state index in [1.165, 1.54) is 24.3 Å². The number of nitrogens with zero attached hydrogens (tertiary/aromatic N) is 4. The molecule has 0 N–H and O–H groups in total. The molecular formula is C19H12Cl2N4O. The van der Waals surface area contributed by atoms with E-state index in [9.17, 15) is 10.1 Å². The number of nitriles is 1. The van der Waals surface area contributed by atoms with E-state index in [0.29, 0.717) is 21.3 Å². The minimum Gasteiger partial charge on any atom is -0.288 e. The van der Waals surface area contributed by atoms with E-state index < -0.39 is 5.78 Å². The number of carbonyl (C=O) groups is 1. The highest BCUT2D eigenvalue weighted by Crippen LogP contribution is 2.25. The fourth-order valence-corrected chi connectivity index (χ4v) is 3.01. The number of aromatic nitrogens is 3. The Morgan fingerprint density at radius 3 is 2.62 bits per heavy atom. The fraction of sp³-hybridized carbons (Fsp3) is 0.0526. The first kappa shape index (κ1) is 17.9. The molecule has 3 rings (SSSR count). The average molecular weight is 383 g/mol. The summed E-state index contributed by atoms with van der Waals surface area (Å²) in [6.45, 7) is 0. The number of benzene rings is 1. The third-order valence-electron chi connectivity index (χ3n) is 3.58. The van der Waals surface area contributed by atoms with Gasteiger partial charge >= 0.3 is 0 Å². The Labute approximate surface area is 160 Å². The number of rotatable bonds is 4. The van der Waals surface area contributed by atoms with Crippen LogP contribution >= 0.6 is 23.2 Å². The monoisotopic (exact) mass is 382 g/mol. The van der Waals surface area contributed by atoms with Gasteiger partial charge in [-0.3, -0.25) is 14.5 Å². The van der Waals surface area contributed by atoms with Crippen LogP contribution in [0.25, 0.3) is 17.3 Å². The van der Waals surface area contributed by atoms with Gasteiger partial charge in [0.15, 0.2) is 0 Å². The Kier molecular flexibility index (Phi) is 5.17. The molecule has 0 saturated carbocycles. The van der Waals surface area contributed by atoms with Gasteiger partial charge in [-0.2, -0.15) is 10.4 Å². The Balaban J connectivity index is 2.06. The highest BCUT2D eigenvalue weighted by molar-refractivity contribution is 6.35. The summed E-state index contributed by atoms with van der Waals surface area (Å²) in [5.74, 6) is -0.460. The topological polar surface area (TPSA) is 71.6 Å². The fourth-order valence-electron chi connectivity index (χ4n) is 2.48. The van der Waals surface area contributed by atoms with Crippen LogP contribution < -0.4 is 0 Å². The molecule has 0 aliphatic rings. The minimum absolute atomic E-state index is 0.0403. The van der Waals surface area contributed by atoms with Crippen LogP contribution in [-0.4, -0.2) is 20.5 Å². The van der Waals surface area contributed by atoms with Crippen LogP contribution in [0.3, 0.4) is 0 Å². The first-order valence-corrected chi connectivity index (χ1v) is 8.30. The van der Waals surface area contributed by atoms with E-state index in [1.807, 2.05) is 12.1 Å². The summed E-state index contributed by atoms with van der Waals surface area (Å²) >= 11 is 11.9. The van der Waals surface area contributed by atoms with Gasteiger partial charge in [0.2, 0.25) is 5.78 Å². The number of allylic oxidation sites excluding steroid dienone is 1. The lowest BCUT2D eigenvalue weighted by atomic mass is 10.0. The highest BCUT2D eigenvalue weighted by Gasteiger charge is 2.16. The quantitative estimate of drug-likeness (QED) is 0.376. The SMILES string of the molecule is Cn1cc(/C=C(\C#N)C(=O)c2cc(Cl)cc(Cl)c2)c(-c2cccnc2)n1. The average Bonchev–Trinajstić information content (AvgIpc) is 2.99. The second-order valence-corrected chi connectivity index (χ2v) is 6.38. The molecule has 7 heteroatoms. The van der Waals surface area contributed by atoms with Gasteiger partial charge in [-0.15, -0.1) is 0 Å². The summed E-state index contributed by atoms with van der Waals surface area (Å²) in [7, 11) is 1.77. The smallest absolute Gasteiger partial charge is 0.203 e. The van der Waals surface area contributed by atoms with Crippen LogP contribution in [0, 0.1) is 11.3 Å². The summed E-state index contributed by atoms with van der Waals surface area (Å²) < 4.78 is 1.61. The molecule has 1 aromatic carbocycles. The van der Waals surface area contributed by atoms with Crippen molar-refractivity contribution in [1.29, 1.82) is 5.26 Å². The van der Waals surface area contributed by atoms with Crippen molar-refractivity contribution in [1.82, 2.24) is 14.8 Å². The summed E-state index contributed by atoms with van der Waals surface area (Å²) in [5.41, 5.74) is 2.27. The molecule has 0 aliphatic carbocycles. The van der Waals surface area contributed by atoms with E-state index in [0.717, 1.165) is 5.56 Å². The summed E-state index contributed by atoms with van der Waals surface area (Å²) in [6, 6.07) is 10.1. The molecule has 0 saturated heterocycles. The van der Waals surface area contributed by atoms with Crippen molar-refractivity contribution < 1.29 is 4.79 Å². The van der Waals surface area contributed by atoms with Gasteiger partial charge in [-0.25, -0.2) is 0 Å². The molecular weight excluding hydrogens is 371 g/mol. The van der Waals surface area contributed by atoms with Crippen molar-refractivity contribution in [3.8, 4) is 17.3 Å². The zero-order valence-corrected chi connectivity index (χ0v) is 15.2. The molecule has 0 aliphatic heterocycles. The van der Waals surface area contributed by atoms with E-state index in [-0.39, 0.29) is 11.1 Å². The van der Waals surface area contributed by atoms with Crippen molar-refractivity contribution in [3.05, 3.63) is 75.7 Å². The zero-order chi connectivity index (χ0) is 18.7. The molecule has 2 aromatic heterocycles. The molecule has 0 radical (unpaired) electrons. The van der Waals surface area contributed by atoms with E-state index in [4.69, 9.17) is 23.2 Å². The predicted molar refractivity (Wildman–Crippen MR) is 101 cm³/mol. The number of ketones is 1. The van der Waals surface area contributed by atoms with Crippen LogP contribution in [0.2, 0.25) is 10.0 Å². The first-order valence-electron chi connectivity index (χ1n) is 7.54. The molecule has 2 heterocycles. The normalized spacial score (nSPS) is 11.2. The second-order valence-electron chi connectivity index (χ2n) is 5.51. The molecule has 0 bridgehead atoms. The number of hydrogen-bond donors (Lipinski definition) is 0. The van der Waals surface area contributed by atoms with Gasteiger partial charge in [0, 0.05) is 52.4 Å². The maximum Gasteiger partial charge on any atom is 0.203 e. The van der Waals surface area contributed by atoms with Crippen molar-refractivity contribution in [2.75, 3.05) is 0 Å². The van der Waals surface area contributed by atoms with Gasteiger partial charge < -0.3 is 0 Å². The third-order valence-corrected chi connectivity index (χ3v) is 4.02. The minimum atomic E-state index is -0.460. The molecule has 0 unspecified atom stereocenters. The summed E-state index contributed by atoms with van der Waals surface area (Å²) in [4.78, 5) is 16.8. The Morgan fingerprint density at radius 1 is 1.27 bits per heavy atom. The molecule has 3 aromatic rings. The van der Waals surface area contributed by atoms with Crippen molar-refractivity contribution >= 4 is 35.1 Å². The van der Waals surface area contributed by atoms with Crippen LogP contribution in [-0.2, 0) is 7.05 Å². The summed E-state index contributed by atoms with van der Waals surface area (Å²) in [6.07, 6.45) is 6.57. The van der Waals surface area contributed by atoms with E-state index >= 15 is 0 Å². The van der Waals surface area contributed by atoms with Crippen LogP contribution in [0.1, 0.15) is 15.9 Å². The molecule has 128 valence electrons. The lowest BCUT2D eigenvalue weighted by Crippen LogP contribution is -2.02. The number of Topliss-reactive ketones (excluding diaryl/α,β-unsaturated/α-hetero) is 1. The standard InChI is InChI=1S/C19H12Cl2N4O/c1-25-11-15(18(24-25)12-3-2-4-23-10-12)5-14(9-22)19(26)13-6-16(20)8-17(21)7-13/h2-8,10-11H,1H3/b14-5+. The number of aryl methyl sites for hydroxylation is 1. The summed E-state index contributed by atoms with van der Waals surface area (Å²) in [5, 5.41) is 14.5. The maximum atomic E-state index is 12.7. The largest absolute Gasteiger partial charge is 0.288 e. The van der Waals surface area contributed by atoms with E-state index in [1.54, 1.807) is 36.4 Å². The van der Waals surface area contributed by atoms with E-state index in [2.05, 4.69) is 10.1 Å². The zero-order valence-electron chi connectivity index (χ0n) is 13.6.